The summed E-state index contributed by atoms with van der Waals surface area (Å²) in [6, 6.07) is 23.9. The molecule has 1 N–H and O–H groups in total. The Hall–Kier alpha value is -5.07. The van der Waals surface area contributed by atoms with Crippen molar-refractivity contribution in [1.82, 2.24) is 0 Å². The van der Waals surface area contributed by atoms with Gasteiger partial charge in [-0.05, 0) is 102 Å². The zero-order valence-electron chi connectivity index (χ0n) is 28.3. The highest BCUT2D eigenvalue weighted by Crippen LogP contribution is 2.51. The van der Waals surface area contributed by atoms with Gasteiger partial charge >= 0.3 is 12.4 Å². The molecule has 4 aromatic rings. The van der Waals surface area contributed by atoms with Crippen LogP contribution in [0.1, 0.15) is 41.5 Å². The van der Waals surface area contributed by atoms with Crippen LogP contribution in [-0.4, -0.2) is 36.2 Å². The topological polar surface area (TPSA) is 76.1 Å². The summed E-state index contributed by atoms with van der Waals surface area (Å²) in [4.78, 5) is 28.5. The summed E-state index contributed by atoms with van der Waals surface area (Å²) >= 11 is 6.45. The molecular weight excluding hydrogens is 736 g/mol. The Morgan fingerprint density at radius 1 is 0.852 bits per heavy atom. The van der Waals surface area contributed by atoms with Crippen LogP contribution in [0.25, 0.3) is 11.6 Å². The van der Waals surface area contributed by atoms with E-state index in [1.54, 1.807) is 30.3 Å². The maximum absolute atomic E-state index is 14.1. The van der Waals surface area contributed by atoms with Crippen LogP contribution in [0.15, 0.2) is 108 Å². The second-order valence-electron chi connectivity index (χ2n) is 13.5. The van der Waals surface area contributed by atoms with Crippen LogP contribution in [0.2, 0.25) is 5.02 Å². The number of carbonyl (C=O) groups excluding carboxylic acids is 2. The van der Waals surface area contributed by atoms with Gasteiger partial charge in [0.2, 0.25) is 11.8 Å². The number of hydrogen-bond acceptors (Lipinski definition) is 5. The predicted molar refractivity (Wildman–Crippen MR) is 189 cm³/mol. The maximum Gasteiger partial charge on any atom is 0.416 e. The molecule has 0 aromatic heterocycles. The highest BCUT2D eigenvalue weighted by Gasteiger charge is 2.58. The molecule has 4 atom stereocenters. The number of allylic oxidation sites excluding steroid dienone is 1. The van der Waals surface area contributed by atoms with E-state index < -0.39 is 64.8 Å². The number of alkyl halides is 6. The molecule has 13 heteroatoms. The van der Waals surface area contributed by atoms with Crippen molar-refractivity contribution in [2.45, 2.75) is 37.7 Å². The molecule has 0 spiro atoms. The number of phenols is 1. The fourth-order valence-electron chi connectivity index (χ4n) is 7.67. The van der Waals surface area contributed by atoms with E-state index in [1.165, 1.54) is 12.1 Å². The first-order valence-electron chi connectivity index (χ1n) is 17.1. The van der Waals surface area contributed by atoms with Gasteiger partial charge in [-0.2, -0.15) is 26.3 Å². The smallest absolute Gasteiger partial charge is 0.416 e. The minimum atomic E-state index is -5.17. The molecule has 2 aliphatic heterocycles. The van der Waals surface area contributed by atoms with Crippen molar-refractivity contribution in [3.05, 3.63) is 135 Å². The number of benzene rings is 4. The first-order valence-corrected chi connectivity index (χ1v) is 17.5. The van der Waals surface area contributed by atoms with Gasteiger partial charge in [0, 0.05) is 5.92 Å². The maximum atomic E-state index is 14.1. The molecule has 2 saturated heterocycles. The zero-order chi connectivity index (χ0) is 38.4. The van der Waals surface area contributed by atoms with E-state index in [1.807, 2.05) is 42.5 Å². The average Bonchev–Trinajstić information content (AvgIpc) is 3.67. The zero-order valence-corrected chi connectivity index (χ0v) is 29.1. The van der Waals surface area contributed by atoms with Crippen LogP contribution >= 0.6 is 11.6 Å². The number of nitrogens with zero attached hydrogens (tertiary/aromatic N) is 1. The van der Waals surface area contributed by atoms with Crippen molar-refractivity contribution in [1.29, 1.82) is 0 Å². The molecule has 7 rings (SSSR count). The third kappa shape index (κ3) is 7.50. The summed E-state index contributed by atoms with van der Waals surface area (Å²) in [5.74, 6) is -3.99. The number of ether oxygens (including phenoxy) is 2. The fourth-order valence-corrected chi connectivity index (χ4v) is 7.90. The number of halogens is 7. The van der Waals surface area contributed by atoms with Crippen LogP contribution in [0.3, 0.4) is 0 Å². The van der Waals surface area contributed by atoms with Gasteiger partial charge in [0.1, 0.15) is 18.1 Å². The molecule has 0 radical (unpaired) electrons. The molecule has 280 valence electrons. The lowest BCUT2D eigenvalue weighted by atomic mass is 9.69. The van der Waals surface area contributed by atoms with Crippen LogP contribution in [-0.2, 0) is 26.7 Å². The minimum absolute atomic E-state index is 0.000144. The molecule has 3 aliphatic rings. The van der Waals surface area contributed by atoms with E-state index >= 15 is 0 Å². The Morgan fingerprint density at radius 3 is 2.13 bits per heavy atom. The number of aromatic hydroxyl groups is 1. The third-order valence-electron chi connectivity index (χ3n) is 10.1. The first kappa shape index (κ1) is 37.3. The fraction of sp³-hybridized carbons (Fsp3) is 0.268. The van der Waals surface area contributed by atoms with E-state index in [9.17, 15) is 41.0 Å². The van der Waals surface area contributed by atoms with E-state index in [-0.39, 0.29) is 31.5 Å². The SMILES string of the molecule is O=C1[C@@H]2[C@@H](CC(COc3ccccc3)=C3[C@@H](CC/C(=C/c4ccc(O)cc4Cl)c4ccccc4)OC[C@@H]32)C(=O)N1c1cc(C(F)(F)F)cc(C(F)(F)F)c1. The van der Waals surface area contributed by atoms with Gasteiger partial charge in [-0.25, -0.2) is 4.90 Å². The summed E-state index contributed by atoms with van der Waals surface area (Å²) in [6.07, 6.45) is -8.09. The lowest BCUT2D eigenvalue weighted by Crippen LogP contribution is -2.35. The lowest BCUT2D eigenvalue weighted by Gasteiger charge is -2.31. The van der Waals surface area contributed by atoms with Crippen LogP contribution in [0.5, 0.6) is 11.5 Å². The Kier molecular flexibility index (Phi) is 10.1. The molecule has 2 heterocycles. The summed E-state index contributed by atoms with van der Waals surface area (Å²) < 4.78 is 95.2. The number of amides is 2. The third-order valence-corrected chi connectivity index (χ3v) is 10.5. The molecule has 2 amide bonds. The number of anilines is 1. The number of fused-ring (bicyclic) bond motifs is 3. The molecule has 2 fully saturated rings. The van der Waals surface area contributed by atoms with Gasteiger partial charge in [0.05, 0.1) is 46.4 Å². The van der Waals surface area contributed by atoms with Gasteiger partial charge in [0.25, 0.3) is 0 Å². The Labute approximate surface area is 311 Å². The molecule has 54 heavy (non-hydrogen) atoms. The number of rotatable bonds is 9. The number of carbonyl (C=O) groups is 2. The summed E-state index contributed by atoms with van der Waals surface area (Å²) in [6.45, 7) is 0.0279. The van der Waals surface area contributed by atoms with Crippen molar-refractivity contribution < 1.29 is 50.5 Å². The normalized spacial score (nSPS) is 21.8. The van der Waals surface area contributed by atoms with Crippen LogP contribution in [0, 0.1) is 17.8 Å². The van der Waals surface area contributed by atoms with Gasteiger partial charge in [-0.3, -0.25) is 9.59 Å². The number of phenolic OH excluding ortho intramolecular Hbond substituents is 1. The predicted octanol–water partition coefficient (Wildman–Crippen LogP) is 10.0. The van der Waals surface area contributed by atoms with Crippen molar-refractivity contribution in [2.75, 3.05) is 18.1 Å². The van der Waals surface area contributed by atoms with Crippen molar-refractivity contribution in [3.8, 4) is 11.5 Å². The monoisotopic (exact) mass is 767 g/mol. The van der Waals surface area contributed by atoms with Gasteiger partial charge in [-0.1, -0.05) is 60.1 Å². The average molecular weight is 768 g/mol. The molecular formula is C41H32ClF6NO5. The van der Waals surface area contributed by atoms with Crippen LogP contribution in [0.4, 0.5) is 32.0 Å². The van der Waals surface area contributed by atoms with E-state index in [0.29, 0.717) is 51.8 Å². The van der Waals surface area contributed by atoms with Crippen molar-refractivity contribution in [2.24, 2.45) is 17.8 Å². The molecule has 1 aliphatic carbocycles. The van der Waals surface area contributed by atoms with Crippen molar-refractivity contribution >= 4 is 40.8 Å². The van der Waals surface area contributed by atoms with Gasteiger partial charge < -0.3 is 14.6 Å². The highest BCUT2D eigenvalue weighted by molar-refractivity contribution is 6.32. The Balaban J connectivity index is 1.23. The number of imide groups is 1. The lowest BCUT2D eigenvalue weighted by molar-refractivity contribution is -0.143. The summed E-state index contributed by atoms with van der Waals surface area (Å²) in [5, 5.41) is 10.2. The Bertz CT molecular complexity index is 2100. The van der Waals surface area contributed by atoms with E-state index in [4.69, 9.17) is 21.1 Å². The van der Waals surface area contributed by atoms with Gasteiger partial charge in [-0.15, -0.1) is 0 Å². The summed E-state index contributed by atoms with van der Waals surface area (Å²) in [7, 11) is 0. The number of para-hydroxylation sites is 1. The summed E-state index contributed by atoms with van der Waals surface area (Å²) in [5.41, 5.74) is -0.132. The van der Waals surface area contributed by atoms with Crippen LogP contribution < -0.4 is 9.64 Å². The standard InChI is InChI=1S/C41H32ClF6NO5/c42-34-20-30(50)13-11-25(34)15-24(23-7-3-1-4-8-23)12-14-35-36-26(21-53-31-9-5-2-6-10-31)16-32-37(33(36)22-54-35)39(52)49(38(32)51)29-18-27(40(43,44)45)17-28(19-29)41(46,47)48/h1-11,13,15,17-20,32-33,35,37,50H,12,14,16,21-22H2/b24-15-/t32-,33+,35-,37-/m1/s1. The van der Waals surface area contributed by atoms with E-state index in [2.05, 4.69) is 0 Å². The first-order chi connectivity index (χ1) is 25.7. The molecule has 0 unspecified atom stereocenters. The second kappa shape index (κ2) is 14.6. The number of hydrogen-bond donors (Lipinski definition) is 1. The second-order valence-corrected chi connectivity index (χ2v) is 13.9. The molecule has 4 aromatic carbocycles. The quantitative estimate of drug-likeness (QED) is 0.0795. The largest absolute Gasteiger partial charge is 0.508 e. The minimum Gasteiger partial charge on any atom is -0.508 e. The Morgan fingerprint density at radius 2 is 1.50 bits per heavy atom. The highest BCUT2D eigenvalue weighted by atomic mass is 35.5. The van der Waals surface area contributed by atoms with Crippen molar-refractivity contribution in [3.63, 3.8) is 0 Å². The molecule has 0 saturated carbocycles. The molecule has 0 bridgehead atoms. The van der Waals surface area contributed by atoms with E-state index in [0.717, 1.165) is 16.7 Å². The van der Waals surface area contributed by atoms with Gasteiger partial charge in [0.15, 0.2) is 0 Å². The molecule has 6 nitrogen and oxygen atoms in total.